The molecule has 2 fully saturated rings. The standard InChI is InChI=1S/C15H30N2O/c1-12(2)15(10-16-14-4-5-14)17(3)11-13-6-8-18-9-7-13/h12-16H,4-11H2,1-3H3. The van der Waals surface area contributed by atoms with E-state index in [1.54, 1.807) is 0 Å². The molecule has 1 aliphatic carbocycles. The maximum absolute atomic E-state index is 5.45. The summed E-state index contributed by atoms with van der Waals surface area (Å²) in [5, 5.41) is 3.69. The lowest BCUT2D eigenvalue weighted by Gasteiger charge is -2.35. The normalized spacial score (nSPS) is 23.8. The average molecular weight is 254 g/mol. The fourth-order valence-electron chi connectivity index (χ4n) is 2.95. The maximum atomic E-state index is 5.45. The van der Waals surface area contributed by atoms with Gasteiger partial charge in [0, 0.05) is 38.4 Å². The first-order valence-electron chi connectivity index (χ1n) is 7.68. The van der Waals surface area contributed by atoms with Crippen LogP contribution in [-0.2, 0) is 4.74 Å². The van der Waals surface area contributed by atoms with E-state index in [9.17, 15) is 0 Å². The predicted molar refractivity (Wildman–Crippen MR) is 75.8 cm³/mol. The van der Waals surface area contributed by atoms with Crippen LogP contribution in [0.25, 0.3) is 0 Å². The van der Waals surface area contributed by atoms with Crippen LogP contribution >= 0.6 is 0 Å². The van der Waals surface area contributed by atoms with Gasteiger partial charge in [0.15, 0.2) is 0 Å². The highest BCUT2D eigenvalue weighted by Gasteiger charge is 2.26. The molecule has 3 nitrogen and oxygen atoms in total. The molecular weight excluding hydrogens is 224 g/mol. The lowest BCUT2D eigenvalue weighted by molar-refractivity contribution is 0.0465. The van der Waals surface area contributed by atoms with Crippen molar-refractivity contribution in [1.29, 1.82) is 0 Å². The zero-order valence-corrected chi connectivity index (χ0v) is 12.3. The summed E-state index contributed by atoms with van der Waals surface area (Å²) in [6, 6.07) is 1.50. The van der Waals surface area contributed by atoms with Crippen molar-refractivity contribution in [3.05, 3.63) is 0 Å². The first kappa shape index (κ1) is 14.3. The minimum atomic E-state index is 0.674. The minimum absolute atomic E-state index is 0.674. The lowest BCUT2D eigenvalue weighted by atomic mass is 9.96. The third-order valence-corrected chi connectivity index (χ3v) is 4.42. The molecule has 1 heterocycles. The first-order valence-corrected chi connectivity index (χ1v) is 7.68. The number of nitrogens with zero attached hydrogens (tertiary/aromatic N) is 1. The largest absolute Gasteiger partial charge is 0.381 e. The number of ether oxygens (including phenoxy) is 1. The molecule has 1 atom stereocenters. The van der Waals surface area contributed by atoms with Crippen LogP contribution in [0.3, 0.4) is 0 Å². The molecule has 1 N–H and O–H groups in total. The Morgan fingerprint density at radius 1 is 1.17 bits per heavy atom. The van der Waals surface area contributed by atoms with Crippen molar-refractivity contribution in [2.45, 2.75) is 51.6 Å². The van der Waals surface area contributed by atoms with Gasteiger partial charge < -0.3 is 15.0 Å². The van der Waals surface area contributed by atoms with Crippen LogP contribution in [0.5, 0.6) is 0 Å². The molecule has 106 valence electrons. The number of hydrogen-bond donors (Lipinski definition) is 1. The smallest absolute Gasteiger partial charge is 0.0469 e. The van der Waals surface area contributed by atoms with Crippen LogP contribution in [-0.4, -0.2) is 50.3 Å². The second-order valence-corrected chi connectivity index (χ2v) is 6.49. The Kier molecular flexibility index (Phi) is 5.46. The molecule has 0 aromatic rings. The Bertz CT molecular complexity index is 235. The summed E-state index contributed by atoms with van der Waals surface area (Å²) in [4.78, 5) is 2.58. The third-order valence-electron chi connectivity index (χ3n) is 4.42. The molecule has 2 aliphatic rings. The summed E-state index contributed by atoms with van der Waals surface area (Å²) >= 11 is 0. The number of rotatable bonds is 7. The van der Waals surface area contributed by atoms with Crippen molar-refractivity contribution in [3.63, 3.8) is 0 Å². The van der Waals surface area contributed by atoms with E-state index in [-0.39, 0.29) is 0 Å². The zero-order valence-electron chi connectivity index (χ0n) is 12.3. The van der Waals surface area contributed by atoms with Crippen LogP contribution in [0.4, 0.5) is 0 Å². The van der Waals surface area contributed by atoms with E-state index >= 15 is 0 Å². The molecule has 1 unspecified atom stereocenters. The average Bonchev–Trinajstić information content (AvgIpc) is 3.14. The molecule has 2 rings (SSSR count). The Morgan fingerprint density at radius 3 is 2.39 bits per heavy atom. The second-order valence-electron chi connectivity index (χ2n) is 6.49. The fourth-order valence-corrected chi connectivity index (χ4v) is 2.95. The summed E-state index contributed by atoms with van der Waals surface area (Å²) < 4.78 is 5.45. The van der Waals surface area contributed by atoms with E-state index in [0.29, 0.717) is 6.04 Å². The van der Waals surface area contributed by atoms with Crippen molar-refractivity contribution in [3.8, 4) is 0 Å². The van der Waals surface area contributed by atoms with Crippen molar-refractivity contribution < 1.29 is 4.74 Å². The summed E-state index contributed by atoms with van der Waals surface area (Å²) in [7, 11) is 2.30. The van der Waals surface area contributed by atoms with E-state index in [1.165, 1.54) is 32.2 Å². The van der Waals surface area contributed by atoms with Gasteiger partial charge in [-0.1, -0.05) is 13.8 Å². The molecule has 1 aliphatic heterocycles. The second kappa shape index (κ2) is 6.88. The van der Waals surface area contributed by atoms with Gasteiger partial charge in [-0.25, -0.2) is 0 Å². The van der Waals surface area contributed by atoms with E-state index < -0.39 is 0 Å². The van der Waals surface area contributed by atoms with Gasteiger partial charge in [-0.2, -0.15) is 0 Å². The number of likely N-dealkylation sites (N-methyl/N-ethyl adjacent to an activating group) is 1. The van der Waals surface area contributed by atoms with Gasteiger partial charge in [-0.3, -0.25) is 0 Å². The van der Waals surface area contributed by atoms with Gasteiger partial charge in [-0.15, -0.1) is 0 Å². The Morgan fingerprint density at radius 2 is 1.83 bits per heavy atom. The zero-order chi connectivity index (χ0) is 13.0. The van der Waals surface area contributed by atoms with E-state index in [4.69, 9.17) is 4.74 Å². The van der Waals surface area contributed by atoms with Crippen LogP contribution < -0.4 is 5.32 Å². The molecule has 3 heteroatoms. The molecule has 0 radical (unpaired) electrons. The van der Waals surface area contributed by atoms with Gasteiger partial charge in [0.1, 0.15) is 0 Å². The summed E-state index contributed by atoms with van der Waals surface area (Å²) in [6.07, 6.45) is 5.25. The van der Waals surface area contributed by atoms with Gasteiger partial charge >= 0.3 is 0 Å². The lowest BCUT2D eigenvalue weighted by Crippen LogP contribution is -2.46. The minimum Gasteiger partial charge on any atom is -0.381 e. The van der Waals surface area contributed by atoms with E-state index in [1.807, 2.05) is 0 Å². The molecule has 1 saturated heterocycles. The quantitative estimate of drug-likeness (QED) is 0.753. The first-order chi connectivity index (χ1) is 8.66. The van der Waals surface area contributed by atoms with Crippen molar-refractivity contribution in [1.82, 2.24) is 10.2 Å². The predicted octanol–water partition coefficient (Wildman–Crippen LogP) is 2.12. The highest BCUT2D eigenvalue weighted by atomic mass is 16.5. The molecule has 0 aromatic carbocycles. The fraction of sp³-hybridized carbons (Fsp3) is 1.00. The Balaban J connectivity index is 1.75. The highest BCUT2D eigenvalue weighted by Crippen LogP contribution is 2.21. The van der Waals surface area contributed by atoms with Crippen molar-refractivity contribution >= 4 is 0 Å². The topological polar surface area (TPSA) is 24.5 Å². The Hall–Kier alpha value is -0.120. The molecule has 0 spiro atoms. The molecule has 0 amide bonds. The molecule has 0 bridgehead atoms. The summed E-state index contributed by atoms with van der Waals surface area (Å²) in [6.45, 7) is 9.01. The van der Waals surface area contributed by atoms with E-state index in [0.717, 1.165) is 37.6 Å². The Labute approximate surface area is 112 Å². The summed E-state index contributed by atoms with van der Waals surface area (Å²) in [5.41, 5.74) is 0. The highest BCUT2D eigenvalue weighted by molar-refractivity contribution is 4.85. The maximum Gasteiger partial charge on any atom is 0.0469 e. The van der Waals surface area contributed by atoms with Gasteiger partial charge in [0.2, 0.25) is 0 Å². The van der Waals surface area contributed by atoms with Gasteiger partial charge in [0.25, 0.3) is 0 Å². The van der Waals surface area contributed by atoms with Crippen LogP contribution in [0.2, 0.25) is 0 Å². The summed E-state index contributed by atoms with van der Waals surface area (Å²) in [5.74, 6) is 1.56. The molecular formula is C15H30N2O. The van der Waals surface area contributed by atoms with Gasteiger partial charge in [-0.05, 0) is 44.6 Å². The third kappa shape index (κ3) is 4.52. The number of hydrogen-bond acceptors (Lipinski definition) is 3. The van der Waals surface area contributed by atoms with Crippen LogP contribution in [0.15, 0.2) is 0 Å². The SMILES string of the molecule is CC(C)C(CNC1CC1)N(C)CC1CCOCC1. The number of nitrogens with one attached hydrogen (secondary N) is 1. The van der Waals surface area contributed by atoms with E-state index in [2.05, 4.69) is 31.1 Å². The van der Waals surface area contributed by atoms with Crippen molar-refractivity contribution in [2.24, 2.45) is 11.8 Å². The van der Waals surface area contributed by atoms with Crippen LogP contribution in [0.1, 0.15) is 39.5 Å². The van der Waals surface area contributed by atoms with Crippen molar-refractivity contribution in [2.75, 3.05) is 33.4 Å². The molecule has 0 aromatic heterocycles. The van der Waals surface area contributed by atoms with Crippen LogP contribution in [0, 0.1) is 11.8 Å². The van der Waals surface area contributed by atoms with Gasteiger partial charge in [0.05, 0.1) is 0 Å². The molecule has 1 saturated carbocycles. The molecule has 18 heavy (non-hydrogen) atoms. The monoisotopic (exact) mass is 254 g/mol.